The van der Waals surface area contributed by atoms with Crippen LogP contribution in [0.15, 0.2) is 6.07 Å². The van der Waals surface area contributed by atoms with Crippen molar-refractivity contribution in [2.45, 2.75) is 39.5 Å². The lowest BCUT2D eigenvalue weighted by Gasteiger charge is -2.00. The van der Waals surface area contributed by atoms with Crippen LogP contribution in [0.1, 0.15) is 46.8 Å². The lowest BCUT2D eigenvalue weighted by Crippen LogP contribution is -2.06. The van der Waals surface area contributed by atoms with Crippen LogP contribution in [0.25, 0.3) is 0 Å². The van der Waals surface area contributed by atoms with E-state index in [1.807, 2.05) is 13.0 Å². The van der Waals surface area contributed by atoms with Crippen molar-refractivity contribution in [1.82, 2.24) is 0 Å². The van der Waals surface area contributed by atoms with E-state index in [1.54, 1.807) is 11.3 Å². The molecule has 1 aromatic rings. The predicted molar refractivity (Wildman–Crippen MR) is 68.7 cm³/mol. The van der Waals surface area contributed by atoms with Crippen molar-refractivity contribution in [1.29, 1.82) is 0 Å². The largest absolute Gasteiger partial charge is 0.469 e. The number of thiophene rings is 1. The SMILES string of the molecule is CCc1cc(C(=O)CCC(=O)OC)c(CC)s1. The summed E-state index contributed by atoms with van der Waals surface area (Å²) in [6.07, 6.45) is 2.21. The lowest BCUT2D eigenvalue weighted by molar-refractivity contribution is -0.140. The van der Waals surface area contributed by atoms with Crippen LogP contribution in [0.5, 0.6) is 0 Å². The molecule has 0 radical (unpaired) electrons. The number of hydrogen-bond donors (Lipinski definition) is 0. The molecular weight excluding hydrogens is 236 g/mol. The molecule has 0 spiro atoms. The van der Waals surface area contributed by atoms with Crippen molar-refractivity contribution in [3.05, 3.63) is 21.4 Å². The standard InChI is InChI=1S/C13H18O3S/c1-4-9-8-10(12(5-2)17-9)11(14)6-7-13(15)16-3/h8H,4-7H2,1-3H3. The second-order valence-electron chi connectivity index (χ2n) is 3.76. The Morgan fingerprint density at radius 1 is 1.24 bits per heavy atom. The zero-order valence-corrected chi connectivity index (χ0v) is 11.4. The summed E-state index contributed by atoms with van der Waals surface area (Å²) in [7, 11) is 1.34. The first-order chi connectivity index (χ1) is 8.12. The van der Waals surface area contributed by atoms with Gasteiger partial charge in [0.1, 0.15) is 0 Å². The van der Waals surface area contributed by atoms with E-state index in [-0.39, 0.29) is 24.6 Å². The molecule has 0 aliphatic rings. The van der Waals surface area contributed by atoms with Crippen LogP contribution in [0.2, 0.25) is 0 Å². The Morgan fingerprint density at radius 3 is 2.47 bits per heavy atom. The first-order valence-electron chi connectivity index (χ1n) is 5.83. The van der Waals surface area contributed by atoms with E-state index in [0.717, 1.165) is 23.3 Å². The molecule has 1 aromatic heterocycles. The number of ether oxygens (including phenoxy) is 1. The monoisotopic (exact) mass is 254 g/mol. The molecule has 1 rings (SSSR count). The van der Waals surface area contributed by atoms with Gasteiger partial charge in [-0.25, -0.2) is 0 Å². The Labute approximate surface area is 106 Å². The average Bonchev–Trinajstić information content (AvgIpc) is 2.78. The highest BCUT2D eigenvalue weighted by Crippen LogP contribution is 2.25. The third-order valence-corrected chi connectivity index (χ3v) is 4.04. The molecule has 0 fully saturated rings. The summed E-state index contributed by atoms with van der Waals surface area (Å²) in [5, 5.41) is 0. The Bertz CT molecular complexity index is 407. The van der Waals surface area contributed by atoms with E-state index in [0.29, 0.717) is 0 Å². The molecule has 0 aliphatic carbocycles. The van der Waals surface area contributed by atoms with Crippen molar-refractivity contribution >= 4 is 23.1 Å². The van der Waals surface area contributed by atoms with Gasteiger partial charge in [0.25, 0.3) is 0 Å². The van der Waals surface area contributed by atoms with Crippen LogP contribution in [-0.2, 0) is 22.4 Å². The maximum atomic E-state index is 12.0. The molecule has 94 valence electrons. The smallest absolute Gasteiger partial charge is 0.305 e. The Hall–Kier alpha value is -1.16. The molecule has 3 nitrogen and oxygen atoms in total. The molecule has 17 heavy (non-hydrogen) atoms. The molecule has 0 unspecified atom stereocenters. The number of ketones is 1. The predicted octanol–water partition coefficient (Wildman–Crippen LogP) is 3.01. The average molecular weight is 254 g/mol. The molecule has 0 bridgehead atoms. The maximum Gasteiger partial charge on any atom is 0.305 e. The normalized spacial score (nSPS) is 10.3. The molecule has 0 amide bonds. The van der Waals surface area contributed by atoms with Crippen LogP contribution < -0.4 is 0 Å². The molecule has 0 saturated heterocycles. The highest BCUT2D eigenvalue weighted by molar-refractivity contribution is 7.12. The fourth-order valence-corrected chi connectivity index (χ4v) is 2.67. The number of carbonyl (C=O) groups excluding carboxylic acids is 2. The molecule has 0 aromatic carbocycles. The van der Waals surface area contributed by atoms with Gasteiger partial charge >= 0.3 is 5.97 Å². The molecule has 0 atom stereocenters. The summed E-state index contributed by atoms with van der Waals surface area (Å²) >= 11 is 1.69. The van der Waals surface area contributed by atoms with Gasteiger partial charge in [-0.05, 0) is 18.9 Å². The van der Waals surface area contributed by atoms with Crippen LogP contribution in [-0.4, -0.2) is 18.9 Å². The summed E-state index contributed by atoms with van der Waals surface area (Å²) in [6.45, 7) is 4.12. The minimum absolute atomic E-state index is 0.0446. The van der Waals surface area contributed by atoms with E-state index in [1.165, 1.54) is 12.0 Å². The van der Waals surface area contributed by atoms with Gasteiger partial charge in [-0.2, -0.15) is 0 Å². The Balaban J connectivity index is 2.73. The summed E-state index contributed by atoms with van der Waals surface area (Å²) in [5.41, 5.74) is 0.790. The zero-order chi connectivity index (χ0) is 12.8. The number of Topliss-reactive ketones (excluding diaryl/α,β-unsaturated/α-hetero) is 1. The molecule has 0 N–H and O–H groups in total. The number of rotatable bonds is 6. The topological polar surface area (TPSA) is 43.4 Å². The van der Waals surface area contributed by atoms with Crippen molar-refractivity contribution < 1.29 is 14.3 Å². The van der Waals surface area contributed by atoms with Crippen LogP contribution >= 0.6 is 11.3 Å². The lowest BCUT2D eigenvalue weighted by atomic mass is 10.1. The van der Waals surface area contributed by atoms with E-state index in [2.05, 4.69) is 11.7 Å². The minimum atomic E-state index is -0.331. The zero-order valence-electron chi connectivity index (χ0n) is 10.5. The molecule has 4 heteroatoms. The fourth-order valence-electron chi connectivity index (χ4n) is 1.61. The van der Waals surface area contributed by atoms with E-state index in [9.17, 15) is 9.59 Å². The summed E-state index contributed by atoms with van der Waals surface area (Å²) in [5.74, 6) is -0.287. The van der Waals surface area contributed by atoms with Gasteiger partial charge in [0.05, 0.1) is 13.5 Å². The molecular formula is C13H18O3S. The molecule has 0 saturated carbocycles. The summed E-state index contributed by atoms with van der Waals surface area (Å²) in [4.78, 5) is 25.3. The number of carbonyl (C=O) groups is 2. The first kappa shape index (κ1) is 13.9. The van der Waals surface area contributed by atoms with Gasteiger partial charge in [0, 0.05) is 21.7 Å². The van der Waals surface area contributed by atoms with Crippen LogP contribution in [0, 0.1) is 0 Å². The van der Waals surface area contributed by atoms with Gasteiger partial charge in [-0.15, -0.1) is 11.3 Å². The second-order valence-corrected chi connectivity index (χ2v) is 4.98. The summed E-state index contributed by atoms with van der Waals surface area (Å²) in [6, 6.07) is 1.96. The molecule has 1 heterocycles. The van der Waals surface area contributed by atoms with Crippen molar-refractivity contribution in [3.63, 3.8) is 0 Å². The van der Waals surface area contributed by atoms with Crippen LogP contribution in [0.4, 0.5) is 0 Å². The van der Waals surface area contributed by atoms with Gasteiger partial charge in [-0.1, -0.05) is 13.8 Å². The highest BCUT2D eigenvalue weighted by Gasteiger charge is 2.15. The summed E-state index contributed by atoms with van der Waals surface area (Å²) < 4.78 is 4.53. The van der Waals surface area contributed by atoms with Gasteiger partial charge in [0.15, 0.2) is 5.78 Å². The van der Waals surface area contributed by atoms with E-state index in [4.69, 9.17) is 0 Å². The molecule has 0 aliphatic heterocycles. The van der Waals surface area contributed by atoms with E-state index < -0.39 is 0 Å². The third kappa shape index (κ3) is 3.66. The maximum absolute atomic E-state index is 12.0. The van der Waals surface area contributed by atoms with Gasteiger partial charge < -0.3 is 4.74 Å². The van der Waals surface area contributed by atoms with Crippen molar-refractivity contribution in [2.75, 3.05) is 7.11 Å². The quantitative estimate of drug-likeness (QED) is 0.579. The highest BCUT2D eigenvalue weighted by atomic mass is 32.1. The number of esters is 1. The fraction of sp³-hybridized carbons (Fsp3) is 0.538. The van der Waals surface area contributed by atoms with Crippen molar-refractivity contribution in [2.24, 2.45) is 0 Å². The third-order valence-electron chi connectivity index (χ3n) is 2.61. The first-order valence-corrected chi connectivity index (χ1v) is 6.65. The van der Waals surface area contributed by atoms with Crippen LogP contribution in [0.3, 0.4) is 0 Å². The van der Waals surface area contributed by atoms with Gasteiger partial charge in [0.2, 0.25) is 0 Å². The second kappa shape index (κ2) is 6.55. The number of hydrogen-bond acceptors (Lipinski definition) is 4. The van der Waals surface area contributed by atoms with E-state index >= 15 is 0 Å². The van der Waals surface area contributed by atoms with Crippen molar-refractivity contribution in [3.8, 4) is 0 Å². The number of methoxy groups -OCH3 is 1. The Kier molecular flexibility index (Phi) is 5.35. The minimum Gasteiger partial charge on any atom is -0.469 e. The van der Waals surface area contributed by atoms with Gasteiger partial charge in [-0.3, -0.25) is 9.59 Å². The number of aryl methyl sites for hydroxylation is 2. The Morgan fingerprint density at radius 2 is 1.94 bits per heavy atom.